The van der Waals surface area contributed by atoms with Gasteiger partial charge in [0.15, 0.2) is 0 Å². The van der Waals surface area contributed by atoms with Crippen molar-refractivity contribution in [1.29, 1.82) is 0 Å². The van der Waals surface area contributed by atoms with Crippen LogP contribution in [-0.4, -0.2) is 57.1 Å². The number of hydrogen-bond donors (Lipinski definition) is 0. The van der Waals surface area contributed by atoms with E-state index in [-0.39, 0.29) is 11.7 Å². The van der Waals surface area contributed by atoms with Gasteiger partial charge in [0, 0.05) is 43.3 Å². The smallest absolute Gasteiger partial charge is 0.353 e. The summed E-state index contributed by atoms with van der Waals surface area (Å²) in [5.74, 6) is -1.00. The molecule has 1 aliphatic rings. The largest absolute Gasteiger partial charge is 0.471 e. The van der Waals surface area contributed by atoms with Gasteiger partial charge in [0.2, 0.25) is 5.82 Å². The van der Waals surface area contributed by atoms with Crippen LogP contribution in [0, 0.1) is 6.92 Å². The van der Waals surface area contributed by atoms with Gasteiger partial charge in [0.05, 0.1) is 5.01 Å². The standard InChI is InChI=1S/C17H15F3N6O2S/c1-10-22-12(9-29-10)15(27)26-6-4-25(5-7-26)13-3-2-11(8-21-13)14-23-16(28-24-14)17(18,19)20/h2-3,8-9H,4-7H2,1H3. The summed E-state index contributed by atoms with van der Waals surface area (Å²) in [5, 5.41) is 5.95. The molecule has 12 heteroatoms. The average molecular weight is 424 g/mol. The highest BCUT2D eigenvalue weighted by atomic mass is 32.1. The lowest BCUT2D eigenvalue weighted by atomic mass is 10.2. The molecular weight excluding hydrogens is 409 g/mol. The molecule has 4 rings (SSSR count). The van der Waals surface area contributed by atoms with Crippen LogP contribution in [0.2, 0.25) is 0 Å². The zero-order chi connectivity index (χ0) is 20.6. The second kappa shape index (κ2) is 7.43. The van der Waals surface area contributed by atoms with Gasteiger partial charge in [-0.15, -0.1) is 11.3 Å². The van der Waals surface area contributed by atoms with Crippen molar-refractivity contribution in [2.24, 2.45) is 0 Å². The van der Waals surface area contributed by atoms with E-state index >= 15 is 0 Å². The van der Waals surface area contributed by atoms with Gasteiger partial charge in [-0.05, 0) is 19.1 Å². The number of aromatic nitrogens is 4. The van der Waals surface area contributed by atoms with Crippen LogP contribution in [0.25, 0.3) is 11.4 Å². The summed E-state index contributed by atoms with van der Waals surface area (Å²) in [5.41, 5.74) is 0.780. The van der Waals surface area contributed by atoms with Crippen molar-refractivity contribution in [2.45, 2.75) is 13.1 Å². The first-order chi connectivity index (χ1) is 13.8. The fourth-order valence-corrected chi connectivity index (χ4v) is 3.51. The number of rotatable bonds is 3. The maximum atomic E-state index is 12.6. The SMILES string of the molecule is Cc1nc(C(=O)N2CCN(c3ccc(-c4noc(C(F)(F)F)n4)cn3)CC2)cs1. The van der Waals surface area contributed by atoms with Crippen LogP contribution in [0.4, 0.5) is 19.0 Å². The topological polar surface area (TPSA) is 88.3 Å². The number of piperazine rings is 1. The first-order valence-electron chi connectivity index (χ1n) is 8.65. The Hall–Kier alpha value is -3.02. The van der Waals surface area contributed by atoms with E-state index in [1.807, 2.05) is 11.8 Å². The highest BCUT2D eigenvalue weighted by molar-refractivity contribution is 7.09. The summed E-state index contributed by atoms with van der Waals surface area (Å²) in [4.78, 5) is 28.1. The Morgan fingerprint density at radius 3 is 2.48 bits per heavy atom. The number of carbonyl (C=O) groups excluding carboxylic acids is 1. The second-order valence-electron chi connectivity index (χ2n) is 6.36. The normalized spacial score (nSPS) is 15.0. The molecule has 0 aliphatic carbocycles. The van der Waals surface area contributed by atoms with Crippen LogP contribution < -0.4 is 4.90 Å². The Morgan fingerprint density at radius 2 is 1.93 bits per heavy atom. The van der Waals surface area contributed by atoms with Crippen molar-refractivity contribution in [2.75, 3.05) is 31.1 Å². The van der Waals surface area contributed by atoms with Gasteiger partial charge in [-0.3, -0.25) is 4.79 Å². The fourth-order valence-electron chi connectivity index (χ4n) is 2.92. The molecule has 4 heterocycles. The van der Waals surface area contributed by atoms with E-state index in [0.717, 1.165) is 5.01 Å². The minimum atomic E-state index is -4.69. The van der Waals surface area contributed by atoms with E-state index in [1.165, 1.54) is 17.5 Å². The van der Waals surface area contributed by atoms with Crippen LogP contribution >= 0.6 is 11.3 Å². The second-order valence-corrected chi connectivity index (χ2v) is 7.42. The fraction of sp³-hybridized carbons (Fsp3) is 0.353. The first kappa shape index (κ1) is 19.3. The Morgan fingerprint density at radius 1 is 1.17 bits per heavy atom. The lowest BCUT2D eigenvalue weighted by molar-refractivity contribution is -0.159. The van der Waals surface area contributed by atoms with Gasteiger partial charge in [0.1, 0.15) is 11.5 Å². The Kier molecular flexibility index (Phi) is 4.94. The molecule has 1 fully saturated rings. The molecular formula is C17H15F3N6O2S. The summed E-state index contributed by atoms with van der Waals surface area (Å²) >= 11 is 1.44. The highest BCUT2D eigenvalue weighted by Crippen LogP contribution is 2.29. The van der Waals surface area contributed by atoms with Gasteiger partial charge in [0.25, 0.3) is 5.91 Å². The van der Waals surface area contributed by atoms with E-state index in [0.29, 0.717) is 43.3 Å². The molecule has 0 unspecified atom stereocenters. The molecule has 0 N–H and O–H groups in total. The number of aryl methyl sites for hydroxylation is 1. The van der Waals surface area contributed by atoms with E-state index in [2.05, 4.69) is 24.6 Å². The average Bonchev–Trinajstić information content (AvgIpc) is 3.37. The molecule has 3 aromatic heterocycles. The van der Waals surface area contributed by atoms with Crippen molar-refractivity contribution < 1.29 is 22.5 Å². The lowest BCUT2D eigenvalue weighted by Crippen LogP contribution is -2.49. The molecule has 1 aliphatic heterocycles. The molecule has 0 radical (unpaired) electrons. The molecule has 0 bridgehead atoms. The van der Waals surface area contributed by atoms with Crippen molar-refractivity contribution in [3.63, 3.8) is 0 Å². The number of thiazole rings is 1. The number of hydrogen-bond acceptors (Lipinski definition) is 8. The van der Waals surface area contributed by atoms with Gasteiger partial charge < -0.3 is 14.3 Å². The molecule has 0 saturated carbocycles. The molecule has 152 valence electrons. The van der Waals surface area contributed by atoms with Crippen LogP contribution in [0.3, 0.4) is 0 Å². The Bertz CT molecular complexity index is 1010. The third-order valence-corrected chi connectivity index (χ3v) is 5.18. The third kappa shape index (κ3) is 4.06. The number of pyridine rings is 1. The number of halogens is 3. The van der Waals surface area contributed by atoms with Crippen molar-refractivity contribution in [3.05, 3.63) is 40.3 Å². The lowest BCUT2D eigenvalue weighted by Gasteiger charge is -2.35. The quantitative estimate of drug-likeness (QED) is 0.639. The molecule has 1 amide bonds. The van der Waals surface area contributed by atoms with Crippen molar-refractivity contribution >= 4 is 23.1 Å². The van der Waals surface area contributed by atoms with E-state index < -0.39 is 12.1 Å². The maximum Gasteiger partial charge on any atom is 0.471 e. The molecule has 3 aromatic rings. The molecule has 0 atom stereocenters. The maximum absolute atomic E-state index is 12.6. The van der Waals surface area contributed by atoms with Crippen molar-refractivity contribution in [3.8, 4) is 11.4 Å². The van der Waals surface area contributed by atoms with Gasteiger partial charge in [-0.1, -0.05) is 5.16 Å². The number of carbonyl (C=O) groups is 1. The Labute approximate surface area is 167 Å². The van der Waals surface area contributed by atoms with Crippen LogP contribution in [-0.2, 0) is 6.18 Å². The highest BCUT2D eigenvalue weighted by Gasteiger charge is 2.38. The number of alkyl halides is 3. The summed E-state index contributed by atoms with van der Waals surface area (Å²) in [7, 11) is 0. The summed E-state index contributed by atoms with van der Waals surface area (Å²) in [6.45, 7) is 4.08. The van der Waals surface area contributed by atoms with E-state index in [4.69, 9.17) is 0 Å². The monoisotopic (exact) mass is 424 g/mol. The molecule has 29 heavy (non-hydrogen) atoms. The Balaban J connectivity index is 1.39. The summed E-state index contributed by atoms with van der Waals surface area (Å²) in [6.07, 6.45) is -3.29. The van der Waals surface area contributed by atoms with Gasteiger partial charge >= 0.3 is 12.1 Å². The number of nitrogens with zero attached hydrogens (tertiary/aromatic N) is 6. The van der Waals surface area contributed by atoms with Crippen molar-refractivity contribution in [1.82, 2.24) is 25.0 Å². The van der Waals surface area contributed by atoms with Crippen LogP contribution in [0.5, 0.6) is 0 Å². The van der Waals surface area contributed by atoms with Crippen LogP contribution in [0.15, 0.2) is 28.2 Å². The number of amides is 1. The summed E-state index contributed by atoms with van der Waals surface area (Å²) < 4.78 is 42.0. The van der Waals surface area contributed by atoms with E-state index in [9.17, 15) is 18.0 Å². The minimum absolute atomic E-state index is 0.0881. The van der Waals surface area contributed by atoms with Crippen LogP contribution in [0.1, 0.15) is 21.4 Å². The summed E-state index contributed by atoms with van der Waals surface area (Å²) in [6, 6.07) is 3.27. The predicted molar refractivity (Wildman–Crippen MR) is 97.5 cm³/mol. The number of anilines is 1. The minimum Gasteiger partial charge on any atom is -0.353 e. The zero-order valence-electron chi connectivity index (χ0n) is 15.2. The molecule has 0 spiro atoms. The molecule has 0 aromatic carbocycles. The van der Waals surface area contributed by atoms with Gasteiger partial charge in [-0.2, -0.15) is 18.2 Å². The molecule has 8 nitrogen and oxygen atoms in total. The predicted octanol–water partition coefficient (Wildman–Crippen LogP) is 2.88. The van der Waals surface area contributed by atoms with Gasteiger partial charge in [-0.25, -0.2) is 9.97 Å². The first-order valence-corrected chi connectivity index (χ1v) is 9.53. The molecule has 1 saturated heterocycles. The van der Waals surface area contributed by atoms with E-state index in [1.54, 1.807) is 22.4 Å². The zero-order valence-corrected chi connectivity index (χ0v) is 16.0. The third-order valence-electron chi connectivity index (χ3n) is 4.40.